The molecule has 0 aromatic carbocycles. The maximum Gasteiger partial charge on any atom is 0.329 e. The number of hydrogen-bond acceptors (Lipinski definition) is 3. The van der Waals surface area contributed by atoms with Gasteiger partial charge in [-0.25, -0.2) is 4.79 Å². The van der Waals surface area contributed by atoms with E-state index < -0.39 is 0 Å². The molecule has 0 bridgehead atoms. The summed E-state index contributed by atoms with van der Waals surface area (Å²) in [6.07, 6.45) is 0. The molecule has 4 nitrogen and oxygen atoms in total. The van der Waals surface area contributed by atoms with Crippen molar-refractivity contribution >= 4 is 21.6 Å². The summed E-state index contributed by atoms with van der Waals surface area (Å²) >= 11 is 1.37. The molecule has 68 valence electrons. The molecular weight excluding hydrogens is 188 g/mol. The SMILES string of the molecule is CCn1c(=O)[nH]c2sccc2c1=O. The second kappa shape index (κ2) is 2.85. The number of thiophene rings is 1. The lowest BCUT2D eigenvalue weighted by Crippen LogP contribution is -2.33. The molecule has 0 unspecified atom stereocenters. The lowest BCUT2D eigenvalue weighted by molar-refractivity contribution is 0.685. The van der Waals surface area contributed by atoms with Gasteiger partial charge in [0.2, 0.25) is 0 Å². The van der Waals surface area contributed by atoms with E-state index in [2.05, 4.69) is 4.98 Å². The number of rotatable bonds is 1. The quantitative estimate of drug-likeness (QED) is 0.732. The number of H-pyrrole nitrogens is 1. The largest absolute Gasteiger partial charge is 0.329 e. The van der Waals surface area contributed by atoms with E-state index in [-0.39, 0.29) is 11.2 Å². The van der Waals surface area contributed by atoms with Gasteiger partial charge < -0.3 is 0 Å². The maximum absolute atomic E-state index is 11.6. The van der Waals surface area contributed by atoms with Gasteiger partial charge in [0.05, 0.1) is 5.39 Å². The van der Waals surface area contributed by atoms with E-state index >= 15 is 0 Å². The predicted molar refractivity (Wildman–Crippen MR) is 52.4 cm³/mol. The number of aromatic nitrogens is 2. The Balaban J connectivity index is 3.02. The van der Waals surface area contributed by atoms with Crippen LogP contribution in [0.2, 0.25) is 0 Å². The van der Waals surface area contributed by atoms with Crippen LogP contribution in [0, 0.1) is 0 Å². The fourth-order valence-electron chi connectivity index (χ4n) is 1.26. The zero-order chi connectivity index (χ0) is 9.42. The smallest absolute Gasteiger partial charge is 0.298 e. The van der Waals surface area contributed by atoms with Gasteiger partial charge in [0.25, 0.3) is 5.56 Å². The van der Waals surface area contributed by atoms with Gasteiger partial charge in [0.15, 0.2) is 0 Å². The summed E-state index contributed by atoms with van der Waals surface area (Å²) < 4.78 is 1.19. The number of hydrogen-bond donors (Lipinski definition) is 1. The molecule has 0 atom stereocenters. The maximum atomic E-state index is 11.6. The van der Waals surface area contributed by atoms with Crippen molar-refractivity contribution in [2.24, 2.45) is 0 Å². The first-order chi connectivity index (χ1) is 6.24. The first kappa shape index (κ1) is 8.25. The molecule has 2 aromatic heterocycles. The van der Waals surface area contributed by atoms with Gasteiger partial charge in [-0.1, -0.05) is 0 Å². The highest BCUT2D eigenvalue weighted by atomic mass is 32.1. The number of aromatic amines is 1. The van der Waals surface area contributed by atoms with E-state index in [9.17, 15) is 9.59 Å². The van der Waals surface area contributed by atoms with Gasteiger partial charge in [-0.3, -0.25) is 14.3 Å². The molecular formula is C8H8N2O2S. The summed E-state index contributed by atoms with van der Waals surface area (Å²) in [4.78, 5) is 26.2. The van der Waals surface area contributed by atoms with Crippen LogP contribution in [0.25, 0.3) is 10.2 Å². The third-order valence-electron chi connectivity index (χ3n) is 1.92. The van der Waals surface area contributed by atoms with Gasteiger partial charge in [0, 0.05) is 6.54 Å². The Morgan fingerprint density at radius 1 is 1.54 bits per heavy atom. The Kier molecular flexibility index (Phi) is 1.81. The molecule has 2 aromatic rings. The van der Waals surface area contributed by atoms with Crippen LogP contribution >= 0.6 is 11.3 Å². The zero-order valence-corrected chi connectivity index (χ0v) is 7.85. The average Bonchev–Trinajstić information content (AvgIpc) is 2.53. The van der Waals surface area contributed by atoms with E-state index in [1.54, 1.807) is 18.4 Å². The molecule has 5 heteroatoms. The van der Waals surface area contributed by atoms with Gasteiger partial charge in [-0.05, 0) is 18.4 Å². The zero-order valence-electron chi connectivity index (χ0n) is 7.03. The van der Waals surface area contributed by atoms with Crippen molar-refractivity contribution < 1.29 is 0 Å². The summed E-state index contributed by atoms with van der Waals surface area (Å²) in [5.41, 5.74) is -0.537. The molecule has 0 spiro atoms. The third kappa shape index (κ3) is 1.12. The highest BCUT2D eigenvalue weighted by molar-refractivity contribution is 7.16. The second-order valence-corrected chi connectivity index (χ2v) is 3.56. The van der Waals surface area contributed by atoms with Gasteiger partial charge in [-0.15, -0.1) is 11.3 Å². The molecule has 0 radical (unpaired) electrons. The molecule has 2 rings (SSSR count). The Morgan fingerprint density at radius 3 is 3.00 bits per heavy atom. The molecule has 0 aliphatic heterocycles. The molecule has 0 saturated carbocycles. The molecule has 0 saturated heterocycles. The monoisotopic (exact) mass is 196 g/mol. The van der Waals surface area contributed by atoms with Gasteiger partial charge >= 0.3 is 5.69 Å². The van der Waals surface area contributed by atoms with Crippen molar-refractivity contribution in [1.82, 2.24) is 9.55 Å². The summed E-state index contributed by atoms with van der Waals surface area (Å²) in [6, 6.07) is 1.73. The topological polar surface area (TPSA) is 54.9 Å². The highest BCUT2D eigenvalue weighted by Gasteiger charge is 2.05. The van der Waals surface area contributed by atoms with Gasteiger partial charge in [-0.2, -0.15) is 0 Å². The average molecular weight is 196 g/mol. The van der Waals surface area contributed by atoms with Crippen molar-refractivity contribution in [3.63, 3.8) is 0 Å². The standard InChI is InChI=1S/C8H8N2O2S/c1-2-10-7(11)5-3-4-13-6(5)9-8(10)12/h3-4H,2H2,1H3,(H,9,12). The molecule has 0 fully saturated rings. The minimum atomic E-state index is -0.331. The number of nitrogens with zero attached hydrogens (tertiary/aromatic N) is 1. The van der Waals surface area contributed by atoms with Crippen LogP contribution < -0.4 is 11.2 Å². The van der Waals surface area contributed by atoms with Crippen LogP contribution in [0.3, 0.4) is 0 Å². The number of fused-ring (bicyclic) bond motifs is 1. The summed E-state index contributed by atoms with van der Waals surface area (Å²) in [7, 11) is 0. The summed E-state index contributed by atoms with van der Waals surface area (Å²) in [5, 5.41) is 2.38. The lowest BCUT2D eigenvalue weighted by atomic mass is 10.4. The van der Waals surface area contributed by atoms with Crippen molar-refractivity contribution in [2.45, 2.75) is 13.5 Å². The van der Waals surface area contributed by atoms with Crippen molar-refractivity contribution in [1.29, 1.82) is 0 Å². The van der Waals surface area contributed by atoms with Crippen molar-refractivity contribution in [3.8, 4) is 0 Å². The van der Waals surface area contributed by atoms with Crippen molar-refractivity contribution in [2.75, 3.05) is 0 Å². The predicted octanol–water partition coefficient (Wildman–Crippen LogP) is 0.771. The van der Waals surface area contributed by atoms with Gasteiger partial charge in [0.1, 0.15) is 4.83 Å². The first-order valence-electron chi connectivity index (χ1n) is 3.94. The van der Waals surface area contributed by atoms with Crippen LogP contribution in [0.4, 0.5) is 0 Å². The van der Waals surface area contributed by atoms with Crippen molar-refractivity contribution in [3.05, 3.63) is 32.3 Å². The molecule has 1 N–H and O–H groups in total. The lowest BCUT2D eigenvalue weighted by Gasteiger charge is -1.98. The Hall–Kier alpha value is -1.36. The van der Waals surface area contributed by atoms with Crippen LogP contribution in [0.15, 0.2) is 21.0 Å². The van der Waals surface area contributed by atoms with E-state index in [0.717, 1.165) is 0 Å². The van der Waals surface area contributed by atoms with Crippen LogP contribution in [-0.2, 0) is 6.54 Å². The minimum absolute atomic E-state index is 0.206. The fraction of sp³-hybridized carbons (Fsp3) is 0.250. The Bertz CT molecular complexity index is 549. The summed E-state index contributed by atoms with van der Waals surface area (Å²) in [6.45, 7) is 2.18. The first-order valence-corrected chi connectivity index (χ1v) is 4.82. The Morgan fingerprint density at radius 2 is 2.31 bits per heavy atom. The third-order valence-corrected chi connectivity index (χ3v) is 2.75. The van der Waals surface area contributed by atoms with E-state index in [0.29, 0.717) is 16.8 Å². The molecule has 0 aliphatic rings. The fourth-order valence-corrected chi connectivity index (χ4v) is 2.03. The van der Waals surface area contributed by atoms with E-state index in [1.807, 2.05) is 0 Å². The van der Waals surface area contributed by atoms with Crippen LogP contribution in [0.1, 0.15) is 6.92 Å². The number of nitrogens with one attached hydrogen (secondary N) is 1. The van der Waals surface area contributed by atoms with Crippen LogP contribution in [-0.4, -0.2) is 9.55 Å². The normalized spacial score (nSPS) is 10.8. The Labute approximate surface area is 77.5 Å². The summed E-state index contributed by atoms with van der Waals surface area (Å²) in [5.74, 6) is 0. The molecule has 13 heavy (non-hydrogen) atoms. The minimum Gasteiger partial charge on any atom is -0.298 e. The molecule has 0 amide bonds. The second-order valence-electron chi connectivity index (χ2n) is 2.64. The van der Waals surface area contributed by atoms with E-state index in [4.69, 9.17) is 0 Å². The van der Waals surface area contributed by atoms with E-state index in [1.165, 1.54) is 15.9 Å². The highest BCUT2D eigenvalue weighted by Crippen LogP contribution is 2.11. The molecule has 0 aliphatic carbocycles. The molecule has 2 heterocycles. The van der Waals surface area contributed by atoms with Crippen LogP contribution in [0.5, 0.6) is 0 Å².